The molecule has 2 rings (SSSR count). The number of aryl methyl sites for hydroxylation is 2. The Morgan fingerprint density at radius 2 is 1.94 bits per heavy atom. The largest absolute Gasteiger partial charge is 0.266 e. The van der Waals surface area contributed by atoms with Crippen molar-refractivity contribution in [2.24, 2.45) is 7.05 Å². The Morgan fingerprint density at radius 1 is 1.25 bits per heavy atom. The smallest absolute Gasteiger partial charge is 0.159 e. The summed E-state index contributed by atoms with van der Waals surface area (Å²) in [7, 11) is 1.76. The molecule has 0 unspecified atom stereocenters. The lowest BCUT2D eigenvalue weighted by Gasteiger charge is -2.03. The van der Waals surface area contributed by atoms with Gasteiger partial charge in [-0.3, -0.25) is 4.68 Å². The van der Waals surface area contributed by atoms with E-state index in [4.69, 9.17) is 0 Å². The van der Waals surface area contributed by atoms with Crippen LogP contribution in [-0.2, 0) is 7.05 Å². The van der Waals surface area contributed by atoms with Gasteiger partial charge in [-0.05, 0) is 41.1 Å². The highest BCUT2D eigenvalue weighted by atomic mass is 79.9. The van der Waals surface area contributed by atoms with E-state index in [1.807, 2.05) is 6.92 Å². The number of hydrogen-bond acceptors (Lipinski definition) is 1. The second kappa shape index (κ2) is 3.97. The molecule has 84 valence electrons. The van der Waals surface area contributed by atoms with Gasteiger partial charge in [-0.25, -0.2) is 8.78 Å². The van der Waals surface area contributed by atoms with E-state index >= 15 is 0 Å². The summed E-state index contributed by atoms with van der Waals surface area (Å²) in [5.74, 6) is -1.71. The third kappa shape index (κ3) is 1.75. The maximum Gasteiger partial charge on any atom is 0.159 e. The highest BCUT2D eigenvalue weighted by molar-refractivity contribution is 9.10. The van der Waals surface area contributed by atoms with Gasteiger partial charge in [0.25, 0.3) is 0 Å². The molecule has 0 saturated heterocycles. The molecule has 0 bridgehead atoms. The molecule has 2 nitrogen and oxygen atoms in total. The van der Waals surface area contributed by atoms with Crippen LogP contribution in [0.4, 0.5) is 8.78 Å². The Balaban J connectivity index is 2.63. The number of halogens is 3. The molecule has 16 heavy (non-hydrogen) atoms. The minimum Gasteiger partial charge on any atom is -0.266 e. The molecule has 0 atom stereocenters. The van der Waals surface area contributed by atoms with Crippen molar-refractivity contribution in [2.75, 3.05) is 0 Å². The highest BCUT2D eigenvalue weighted by Crippen LogP contribution is 2.30. The predicted octanol–water partition coefficient (Wildman–Crippen LogP) is 3.44. The number of benzene rings is 1. The van der Waals surface area contributed by atoms with E-state index in [1.54, 1.807) is 11.7 Å². The molecular formula is C11H9BrF2N2. The fourth-order valence-electron chi connectivity index (χ4n) is 1.59. The fourth-order valence-corrected chi connectivity index (χ4v) is 2.15. The lowest BCUT2D eigenvalue weighted by atomic mass is 10.1. The first kappa shape index (κ1) is 11.3. The van der Waals surface area contributed by atoms with Crippen molar-refractivity contribution in [3.05, 3.63) is 40.0 Å². The summed E-state index contributed by atoms with van der Waals surface area (Å²) in [6.07, 6.45) is 0. The number of aromatic nitrogens is 2. The van der Waals surface area contributed by atoms with E-state index in [0.29, 0.717) is 5.56 Å². The van der Waals surface area contributed by atoms with Crippen molar-refractivity contribution in [1.82, 2.24) is 9.78 Å². The van der Waals surface area contributed by atoms with Crippen LogP contribution in [0, 0.1) is 18.6 Å². The molecule has 0 fully saturated rings. The van der Waals surface area contributed by atoms with Gasteiger partial charge in [0, 0.05) is 12.6 Å². The van der Waals surface area contributed by atoms with Crippen LogP contribution >= 0.6 is 15.9 Å². The van der Waals surface area contributed by atoms with Crippen molar-refractivity contribution in [3.8, 4) is 11.3 Å². The zero-order chi connectivity index (χ0) is 11.9. The van der Waals surface area contributed by atoms with Crippen molar-refractivity contribution < 1.29 is 8.78 Å². The summed E-state index contributed by atoms with van der Waals surface area (Å²) in [5, 5.41) is 4.19. The van der Waals surface area contributed by atoms with E-state index in [2.05, 4.69) is 21.0 Å². The van der Waals surface area contributed by atoms with E-state index < -0.39 is 11.6 Å². The van der Waals surface area contributed by atoms with Gasteiger partial charge in [0.15, 0.2) is 11.6 Å². The average Bonchev–Trinajstić information content (AvgIpc) is 2.47. The molecular weight excluding hydrogens is 278 g/mol. The first-order chi connectivity index (χ1) is 7.50. The Kier molecular flexibility index (Phi) is 2.80. The zero-order valence-electron chi connectivity index (χ0n) is 8.76. The van der Waals surface area contributed by atoms with Crippen LogP contribution in [0.1, 0.15) is 5.69 Å². The first-order valence-electron chi connectivity index (χ1n) is 4.65. The molecule has 0 saturated carbocycles. The fraction of sp³-hybridized carbons (Fsp3) is 0.182. The summed E-state index contributed by atoms with van der Waals surface area (Å²) < 4.78 is 28.4. The summed E-state index contributed by atoms with van der Waals surface area (Å²) in [6.45, 7) is 1.84. The van der Waals surface area contributed by atoms with Crippen molar-refractivity contribution in [1.29, 1.82) is 0 Å². The molecule has 1 aromatic heterocycles. The van der Waals surface area contributed by atoms with Crippen LogP contribution in [0.15, 0.2) is 22.7 Å². The molecule has 2 aromatic rings. The van der Waals surface area contributed by atoms with E-state index in [-0.39, 0.29) is 0 Å². The second-order valence-electron chi connectivity index (χ2n) is 3.50. The Labute approximate surface area is 100 Å². The van der Waals surface area contributed by atoms with Crippen molar-refractivity contribution >= 4 is 15.9 Å². The zero-order valence-corrected chi connectivity index (χ0v) is 10.3. The second-order valence-corrected chi connectivity index (χ2v) is 4.29. The molecule has 0 amide bonds. The lowest BCUT2D eigenvalue weighted by molar-refractivity contribution is 0.509. The van der Waals surface area contributed by atoms with Crippen LogP contribution in [-0.4, -0.2) is 9.78 Å². The van der Waals surface area contributed by atoms with E-state index in [0.717, 1.165) is 28.0 Å². The highest BCUT2D eigenvalue weighted by Gasteiger charge is 2.14. The summed E-state index contributed by atoms with van der Waals surface area (Å²) >= 11 is 3.38. The van der Waals surface area contributed by atoms with Gasteiger partial charge in [-0.15, -0.1) is 0 Å². The molecule has 0 spiro atoms. The number of rotatable bonds is 1. The molecule has 1 heterocycles. The van der Waals surface area contributed by atoms with E-state index in [1.165, 1.54) is 6.07 Å². The third-order valence-electron chi connectivity index (χ3n) is 2.34. The van der Waals surface area contributed by atoms with Crippen LogP contribution < -0.4 is 0 Å². The number of nitrogens with zero attached hydrogens (tertiary/aromatic N) is 2. The molecule has 0 aliphatic carbocycles. The maximum atomic E-state index is 13.1. The topological polar surface area (TPSA) is 17.8 Å². The Hall–Kier alpha value is -1.23. The van der Waals surface area contributed by atoms with Gasteiger partial charge < -0.3 is 0 Å². The van der Waals surface area contributed by atoms with Gasteiger partial charge in [0.1, 0.15) is 0 Å². The summed E-state index contributed by atoms with van der Waals surface area (Å²) in [6, 6.07) is 3.80. The minimum atomic E-state index is -0.858. The van der Waals surface area contributed by atoms with Crippen LogP contribution in [0.2, 0.25) is 0 Å². The minimum absolute atomic E-state index is 0.592. The monoisotopic (exact) mass is 286 g/mol. The van der Waals surface area contributed by atoms with Gasteiger partial charge in [0.05, 0.1) is 15.9 Å². The molecule has 0 N–H and O–H groups in total. The van der Waals surface area contributed by atoms with Gasteiger partial charge >= 0.3 is 0 Å². The molecule has 5 heteroatoms. The van der Waals surface area contributed by atoms with Gasteiger partial charge in [-0.1, -0.05) is 0 Å². The van der Waals surface area contributed by atoms with Crippen LogP contribution in [0.5, 0.6) is 0 Å². The third-order valence-corrected chi connectivity index (χ3v) is 3.29. The van der Waals surface area contributed by atoms with Gasteiger partial charge in [-0.2, -0.15) is 5.10 Å². The quantitative estimate of drug-likeness (QED) is 0.785. The molecule has 0 radical (unpaired) electrons. The average molecular weight is 287 g/mol. The summed E-state index contributed by atoms with van der Waals surface area (Å²) in [4.78, 5) is 0. The van der Waals surface area contributed by atoms with Crippen LogP contribution in [0.3, 0.4) is 0 Å². The molecule has 1 aromatic carbocycles. The normalized spacial score (nSPS) is 10.8. The lowest BCUT2D eigenvalue weighted by Crippen LogP contribution is -1.95. The van der Waals surface area contributed by atoms with Crippen LogP contribution in [0.25, 0.3) is 11.3 Å². The van der Waals surface area contributed by atoms with E-state index in [9.17, 15) is 8.78 Å². The molecule has 0 aliphatic rings. The molecule has 0 aliphatic heterocycles. The predicted molar refractivity (Wildman–Crippen MR) is 61.0 cm³/mol. The van der Waals surface area contributed by atoms with Gasteiger partial charge in [0.2, 0.25) is 0 Å². The summed E-state index contributed by atoms with van der Waals surface area (Å²) in [5.41, 5.74) is 2.13. The maximum absolute atomic E-state index is 13.1. The Morgan fingerprint density at radius 3 is 2.44 bits per heavy atom. The standard InChI is InChI=1S/C11H9BrF2N2/c1-6-10(12)11(16(2)15-6)7-3-4-8(13)9(14)5-7/h3-5H,1-2H3. The first-order valence-corrected chi connectivity index (χ1v) is 5.44. The van der Waals surface area contributed by atoms with Crippen molar-refractivity contribution in [3.63, 3.8) is 0 Å². The van der Waals surface area contributed by atoms with Crippen molar-refractivity contribution in [2.45, 2.75) is 6.92 Å². The SMILES string of the molecule is Cc1nn(C)c(-c2ccc(F)c(F)c2)c1Br. The number of hydrogen-bond donors (Lipinski definition) is 0. The Bertz CT molecular complexity index is 549.